The number of carbonyl (C=O) groups excluding carboxylic acids is 1. The summed E-state index contributed by atoms with van der Waals surface area (Å²) >= 11 is 0. The molecule has 0 spiro atoms. The molecule has 0 saturated heterocycles. The molecule has 0 aliphatic carbocycles. The first-order valence-corrected chi connectivity index (χ1v) is 11.7. The minimum atomic E-state index is -0.331. The second-order valence-electron chi connectivity index (χ2n) is 8.74. The Morgan fingerprint density at radius 2 is 1.58 bits per heavy atom. The van der Waals surface area contributed by atoms with E-state index in [2.05, 4.69) is 29.2 Å². The number of benzene rings is 3. The van der Waals surface area contributed by atoms with E-state index in [1.165, 1.54) is 14.2 Å². The molecule has 1 heterocycles. The van der Waals surface area contributed by atoms with Crippen molar-refractivity contribution >= 4 is 11.6 Å². The monoisotopic (exact) mass is 486 g/mol. The summed E-state index contributed by atoms with van der Waals surface area (Å²) in [6.07, 6.45) is 0. The molecule has 4 rings (SSSR count). The van der Waals surface area contributed by atoms with Gasteiger partial charge < -0.3 is 19.5 Å². The fraction of sp³-hybridized carbons (Fsp3) is 0.250. The Morgan fingerprint density at radius 1 is 0.944 bits per heavy atom. The molecule has 0 aliphatic heterocycles. The topological polar surface area (TPSA) is 87.5 Å². The third-order valence-electron chi connectivity index (χ3n) is 5.47. The predicted octanol–water partition coefficient (Wildman–Crippen LogP) is 5.55. The minimum Gasteiger partial charge on any atom is -0.496 e. The third kappa shape index (κ3) is 5.49. The number of anilines is 1. The fourth-order valence-corrected chi connectivity index (χ4v) is 3.62. The van der Waals surface area contributed by atoms with E-state index in [0.717, 1.165) is 16.8 Å². The van der Waals surface area contributed by atoms with Crippen LogP contribution in [0.1, 0.15) is 29.8 Å². The van der Waals surface area contributed by atoms with Crippen molar-refractivity contribution < 1.29 is 19.0 Å². The Morgan fingerprint density at radius 3 is 2.17 bits per heavy atom. The summed E-state index contributed by atoms with van der Waals surface area (Å²) in [6, 6.07) is 21.0. The SMILES string of the molecule is COc1cccc(OC)c1C(=O)Nc1ccc(-n2nc(OCC(C)C)nc2-c2ccc(C)cc2)cc1. The summed E-state index contributed by atoms with van der Waals surface area (Å²) in [5, 5.41) is 7.51. The summed E-state index contributed by atoms with van der Waals surface area (Å²) in [7, 11) is 3.03. The molecule has 0 radical (unpaired) electrons. The number of ether oxygens (including phenoxy) is 3. The summed E-state index contributed by atoms with van der Waals surface area (Å²) in [5.41, 5.74) is 3.81. The highest BCUT2D eigenvalue weighted by Gasteiger charge is 2.19. The molecule has 1 N–H and O–H groups in total. The van der Waals surface area contributed by atoms with Gasteiger partial charge in [0.25, 0.3) is 5.91 Å². The van der Waals surface area contributed by atoms with Gasteiger partial charge in [-0.1, -0.05) is 49.7 Å². The van der Waals surface area contributed by atoms with Crippen LogP contribution in [0.3, 0.4) is 0 Å². The molecule has 0 atom stereocenters. The first kappa shape index (κ1) is 24.8. The number of hydrogen-bond donors (Lipinski definition) is 1. The van der Waals surface area contributed by atoms with Crippen molar-refractivity contribution in [1.29, 1.82) is 0 Å². The predicted molar refractivity (Wildman–Crippen MR) is 139 cm³/mol. The van der Waals surface area contributed by atoms with Crippen molar-refractivity contribution in [1.82, 2.24) is 14.8 Å². The molecule has 186 valence electrons. The van der Waals surface area contributed by atoms with E-state index in [0.29, 0.717) is 47.1 Å². The molecule has 0 aliphatic rings. The van der Waals surface area contributed by atoms with Crippen LogP contribution >= 0.6 is 0 Å². The number of methoxy groups -OCH3 is 2. The molecule has 4 aromatic rings. The number of rotatable bonds is 9. The number of aryl methyl sites for hydroxylation is 1. The van der Waals surface area contributed by atoms with Crippen LogP contribution in [0, 0.1) is 12.8 Å². The molecule has 3 aromatic carbocycles. The Bertz CT molecular complexity index is 1310. The van der Waals surface area contributed by atoms with Crippen molar-refractivity contribution in [2.45, 2.75) is 20.8 Å². The molecule has 36 heavy (non-hydrogen) atoms. The van der Waals surface area contributed by atoms with E-state index in [-0.39, 0.29) is 5.91 Å². The van der Waals surface area contributed by atoms with Crippen molar-refractivity contribution in [2.24, 2.45) is 5.92 Å². The molecular weight excluding hydrogens is 456 g/mol. The molecule has 0 unspecified atom stereocenters. The number of nitrogens with one attached hydrogen (secondary N) is 1. The molecule has 0 saturated carbocycles. The smallest absolute Gasteiger partial charge is 0.336 e. The lowest BCUT2D eigenvalue weighted by Gasteiger charge is -2.13. The van der Waals surface area contributed by atoms with Crippen LogP contribution in [0.4, 0.5) is 5.69 Å². The zero-order valence-electron chi connectivity index (χ0n) is 21.1. The molecular formula is C28H30N4O4. The maximum Gasteiger partial charge on any atom is 0.336 e. The fourth-order valence-electron chi connectivity index (χ4n) is 3.62. The molecule has 0 fully saturated rings. The van der Waals surface area contributed by atoms with Crippen molar-refractivity contribution in [3.8, 4) is 34.6 Å². The van der Waals surface area contributed by atoms with Crippen LogP contribution in [0.2, 0.25) is 0 Å². The second-order valence-corrected chi connectivity index (χ2v) is 8.74. The van der Waals surface area contributed by atoms with E-state index in [9.17, 15) is 4.79 Å². The number of amides is 1. The number of nitrogens with zero attached hydrogens (tertiary/aromatic N) is 3. The molecule has 8 heteroatoms. The largest absolute Gasteiger partial charge is 0.496 e. The average Bonchev–Trinajstić information content (AvgIpc) is 3.32. The number of hydrogen-bond acceptors (Lipinski definition) is 6. The Hall–Kier alpha value is -4.33. The maximum atomic E-state index is 13.0. The van der Waals surface area contributed by atoms with Gasteiger partial charge in [-0.15, -0.1) is 5.10 Å². The van der Waals surface area contributed by atoms with E-state index < -0.39 is 0 Å². The van der Waals surface area contributed by atoms with Gasteiger partial charge in [0.15, 0.2) is 5.82 Å². The molecule has 0 bridgehead atoms. The van der Waals surface area contributed by atoms with Gasteiger partial charge in [-0.25, -0.2) is 4.68 Å². The van der Waals surface area contributed by atoms with Crippen LogP contribution in [-0.4, -0.2) is 41.5 Å². The van der Waals surface area contributed by atoms with Gasteiger partial charge in [-0.05, 0) is 49.2 Å². The summed E-state index contributed by atoms with van der Waals surface area (Å²) in [4.78, 5) is 17.6. The van der Waals surface area contributed by atoms with Crippen LogP contribution in [0.25, 0.3) is 17.1 Å². The van der Waals surface area contributed by atoms with Crippen LogP contribution in [0.5, 0.6) is 17.5 Å². The highest BCUT2D eigenvalue weighted by Crippen LogP contribution is 2.30. The van der Waals surface area contributed by atoms with Crippen molar-refractivity contribution in [2.75, 3.05) is 26.1 Å². The average molecular weight is 487 g/mol. The van der Waals surface area contributed by atoms with Crippen LogP contribution in [-0.2, 0) is 0 Å². The zero-order chi connectivity index (χ0) is 25.7. The Labute approximate surface area is 210 Å². The summed E-state index contributed by atoms with van der Waals surface area (Å²) in [6.45, 7) is 6.71. The highest BCUT2D eigenvalue weighted by molar-refractivity contribution is 6.08. The second kappa shape index (κ2) is 10.9. The van der Waals surface area contributed by atoms with Gasteiger partial charge >= 0.3 is 6.01 Å². The van der Waals surface area contributed by atoms with Crippen LogP contribution in [0.15, 0.2) is 66.7 Å². The first-order valence-electron chi connectivity index (χ1n) is 11.7. The Kier molecular flexibility index (Phi) is 7.53. The highest BCUT2D eigenvalue weighted by atomic mass is 16.5. The molecule has 1 aromatic heterocycles. The molecule has 8 nitrogen and oxygen atoms in total. The standard InChI is InChI=1S/C28H30N4O4/c1-18(2)17-36-28-30-26(20-11-9-19(3)10-12-20)32(31-28)22-15-13-21(14-16-22)29-27(33)25-23(34-4)7-6-8-24(25)35-5/h6-16,18H,17H2,1-5H3,(H,29,33). The van der Waals surface area contributed by atoms with E-state index in [1.54, 1.807) is 22.9 Å². The lowest BCUT2D eigenvalue weighted by Crippen LogP contribution is -2.14. The Balaban J connectivity index is 1.62. The van der Waals surface area contributed by atoms with E-state index in [1.807, 2.05) is 55.5 Å². The zero-order valence-corrected chi connectivity index (χ0v) is 21.1. The van der Waals surface area contributed by atoms with Gasteiger partial charge in [-0.3, -0.25) is 4.79 Å². The lowest BCUT2D eigenvalue weighted by atomic mass is 10.1. The summed E-state index contributed by atoms with van der Waals surface area (Å²) < 4.78 is 18.2. The summed E-state index contributed by atoms with van der Waals surface area (Å²) in [5.74, 6) is 1.56. The first-order chi connectivity index (χ1) is 17.4. The quantitative estimate of drug-likeness (QED) is 0.334. The van der Waals surface area contributed by atoms with Crippen LogP contribution < -0.4 is 19.5 Å². The normalized spacial score (nSPS) is 10.8. The van der Waals surface area contributed by atoms with Gasteiger partial charge in [0.2, 0.25) is 0 Å². The minimum absolute atomic E-state index is 0.319. The van der Waals surface area contributed by atoms with Gasteiger partial charge in [0, 0.05) is 11.3 Å². The molecule has 1 amide bonds. The van der Waals surface area contributed by atoms with Crippen molar-refractivity contribution in [3.63, 3.8) is 0 Å². The van der Waals surface area contributed by atoms with Gasteiger partial charge in [0.05, 0.1) is 26.5 Å². The van der Waals surface area contributed by atoms with E-state index in [4.69, 9.17) is 14.2 Å². The number of carbonyl (C=O) groups is 1. The van der Waals surface area contributed by atoms with Crippen molar-refractivity contribution in [3.05, 3.63) is 77.9 Å². The van der Waals surface area contributed by atoms with Gasteiger partial charge in [0.1, 0.15) is 17.1 Å². The maximum absolute atomic E-state index is 13.0. The number of aromatic nitrogens is 3. The van der Waals surface area contributed by atoms with E-state index >= 15 is 0 Å². The van der Waals surface area contributed by atoms with Gasteiger partial charge in [-0.2, -0.15) is 4.98 Å². The third-order valence-corrected chi connectivity index (χ3v) is 5.47. The lowest BCUT2D eigenvalue weighted by molar-refractivity contribution is 0.102.